The van der Waals surface area contributed by atoms with Crippen molar-refractivity contribution in [3.8, 4) is 0 Å². The summed E-state index contributed by atoms with van der Waals surface area (Å²) in [5.41, 5.74) is -1.63. The van der Waals surface area contributed by atoms with Crippen LogP contribution in [0, 0.1) is 5.92 Å². The maximum Gasteiger partial charge on any atom is 0.340 e. The van der Waals surface area contributed by atoms with E-state index in [1.54, 1.807) is 13.0 Å². The summed E-state index contributed by atoms with van der Waals surface area (Å²) in [5, 5.41) is 19.5. The highest BCUT2D eigenvalue weighted by Crippen LogP contribution is 2.38. The van der Waals surface area contributed by atoms with Crippen LogP contribution in [0.4, 0.5) is 0 Å². The molecule has 0 amide bonds. The number of fused-ring (bicyclic) bond motifs is 1. The third kappa shape index (κ3) is 5.43. The van der Waals surface area contributed by atoms with Crippen molar-refractivity contribution in [2.45, 2.75) is 57.5 Å². The average molecular weight is 452 g/mol. The van der Waals surface area contributed by atoms with E-state index in [9.17, 15) is 29.4 Å². The van der Waals surface area contributed by atoms with E-state index in [0.29, 0.717) is 12.8 Å². The number of esters is 4. The van der Waals surface area contributed by atoms with E-state index in [-0.39, 0.29) is 11.1 Å². The Morgan fingerprint density at radius 1 is 1.31 bits per heavy atom. The average Bonchev–Trinajstić information content (AvgIpc) is 2.99. The molecular formula is C22H28O10. The summed E-state index contributed by atoms with van der Waals surface area (Å²) in [5.74, 6) is -4.68. The van der Waals surface area contributed by atoms with Crippen molar-refractivity contribution in [2.24, 2.45) is 5.92 Å². The van der Waals surface area contributed by atoms with Crippen molar-refractivity contribution in [2.75, 3.05) is 13.7 Å². The van der Waals surface area contributed by atoms with Crippen molar-refractivity contribution >= 4 is 23.9 Å². The maximum absolute atomic E-state index is 12.7. The second-order valence-corrected chi connectivity index (χ2v) is 7.96. The molecule has 2 rings (SSSR count). The van der Waals surface area contributed by atoms with Gasteiger partial charge in [0.05, 0.1) is 25.2 Å². The van der Waals surface area contributed by atoms with Gasteiger partial charge in [0.1, 0.15) is 6.10 Å². The van der Waals surface area contributed by atoms with Gasteiger partial charge in [0, 0.05) is 12.5 Å². The lowest BCUT2D eigenvalue weighted by Crippen LogP contribution is -2.50. The Morgan fingerprint density at radius 3 is 2.53 bits per heavy atom. The number of hydrogen-bond donors (Lipinski definition) is 2. The molecular weight excluding hydrogens is 424 g/mol. The van der Waals surface area contributed by atoms with Gasteiger partial charge in [-0.3, -0.25) is 4.79 Å². The summed E-state index contributed by atoms with van der Waals surface area (Å²) >= 11 is 0. The molecule has 10 heteroatoms. The Morgan fingerprint density at radius 2 is 1.97 bits per heavy atom. The summed E-state index contributed by atoms with van der Waals surface area (Å²) in [7, 11) is 1.14. The minimum Gasteiger partial charge on any atom is -0.466 e. The van der Waals surface area contributed by atoms with Gasteiger partial charge >= 0.3 is 23.9 Å². The first-order chi connectivity index (χ1) is 14.9. The van der Waals surface area contributed by atoms with Gasteiger partial charge in [0.15, 0.2) is 17.8 Å². The summed E-state index contributed by atoms with van der Waals surface area (Å²) < 4.78 is 21.1. The van der Waals surface area contributed by atoms with Gasteiger partial charge in [-0.15, -0.1) is 0 Å². The quantitative estimate of drug-likeness (QED) is 0.262. The van der Waals surface area contributed by atoms with Gasteiger partial charge in [-0.1, -0.05) is 18.2 Å². The largest absolute Gasteiger partial charge is 0.466 e. The molecule has 2 N–H and O–H groups in total. The SMILES string of the molecule is C=C1C(=O)O[C@@H]2/C=C(/C)CC/C=C(/C(=O)OC)[C@H](OC(C)=O)[C@@H](OC(=O)[C@@](C)(O)CO)[C@@H]12. The van der Waals surface area contributed by atoms with Crippen LogP contribution in [0.15, 0.2) is 35.5 Å². The number of aliphatic hydroxyl groups is 2. The monoisotopic (exact) mass is 452 g/mol. The Bertz CT molecular complexity index is 866. The molecule has 0 bridgehead atoms. The number of carbonyl (C=O) groups excluding carboxylic acids is 4. The fourth-order valence-electron chi connectivity index (χ4n) is 3.51. The van der Waals surface area contributed by atoms with E-state index in [1.807, 2.05) is 0 Å². The van der Waals surface area contributed by atoms with Gasteiger partial charge in [0.2, 0.25) is 0 Å². The van der Waals surface area contributed by atoms with Crippen LogP contribution in [0.3, 0.4) is 0 Å². The Labute approximate surface area is 185 Å². The third-order valence-electron chi connectivity index (χ3n) is 5.28. The highest BCUT2D eigenvalue weighted by atomic mass is 16.6. The van der Waals surface area contributed by atoms with E-state index in [4.69, 9.17) is 18.9 Å². The van der Waals surface area contributed by atoms with Crippen LogP contribution in [0.1, 0.15) is 33.6 Å². The van der Waals surface area contributed by atoms with Gasteiger partial charge in [0.25, 0.3) is 0 Å². The molecule has 1 heterocycles. The van der Waals surface area contributed by atoms with Gasteiger partial charge in [-0.25, -0.2) is 14.4 Å². The number of hydrogen-bond acceptors (Lipinski definition) is 10. The molecule has 32 heavy (non-hydrogen) atoms. The zero-order chi connectivity index (χ0) is 24.2. The molecule has 5 atom stereocenters. The highest BCUT2D eigenvalue weighted by Gasteiger charge is 2.51. The topological polar surface area (TPSA) is 146 Å². The number of methoxy groups -OCH3 is 1. The van der Waals surface area contributed by atoms with Crippen molar-refractivity contribution in [1.29, 1.82) is 0 Å². The second kappa shape index (κ2) is 10.1. The zero-order valence-electron chi connectivity index (χ0n) is 18.5. The molecule has 176 valence electrons. The predicted molar refractivity (Wildman–Crippen MR) is 109 cm³/mol. The van der Waals surface area contributed by atoms with Gasteiger partial charge in [-0.05, 0) is 32.8 Å². The standard InChI is InChI=1S/C22H28O10/c1-11-7-6-8-14(20(26)29-5)17(30-13(3)24)18(32-21(27)22(4,28)10-23)16-12(2)19(25)31-15(16)9-11/h8-9,15-18,23,28H,2,6-7,10H2,1,3-5H3/b11-9-,14-8+/t15-,16+,17+,18+,22+/m1/s1. The molecule has 1 fully saturated rings. The molecule has 0 radical (unpaired) electrons. The molecule has 0 unspecified atom stereocenters. The second-order valence-electron chi connectivity index (χ2n) is 7.96. The molecule has 1 aliphatic carbocycles. The minimum atomic E-state index is -2.29. The third-order valence-corrected chi connectivity index (χ3v) is 5.28. The smallest absolute Gasteiger partial charge is 0.340 e. The number of ether oxygens (including phenoxy) is 4. The fourth-order valence-corrected chi connectivity index (χ4v) is 3.51. The van der Waals surface area contributed by atoms with E-state index >= 15 is 0 Å². The van der Waals surface area contributed by atoms with Gasteiger partial charge in [-0.2, -0.15) is 0 Å². The molecule has 0 spiro atoms. The molecule has 1 aliphatic heterocycles. The lowest BCUT2D eigenvalue weighted by Gasteiger charge is -2.34. The first-order valence-corrected chi connectivity index (χ1v) is 10.00. The summed E-state index contributed by atoms with van der Waals surface area (Å²) in [4.78, 5) is 49.5. The number of allylic oxidation sites excluding steroid dienone is 2. The Balaban J connectivity index is 2.71. The van der Waals surface area contributed by atoms with Crippen molar-refractivity contribution in [1.82, 2.24) is 0 Å². The summed E-state index contributed by atoms with van der Waals surface area (Å²) in [6, 6.07) is 0. The molecule has 1 saturated heterocycles. The zero-order valence-corrected chi connectivity index (χ0v) is 18.5. The number of rotatable bonds is 5. The molecule has 10 nitrogen and oxygen atoms in total. The predicted octanol–water partition coefficient (Wildman–Crippen LogP) is 0.511. The van der Waals surface area contributed by atoms with Crippen LogP contribution < -0.4 is 0 Å². The fraction of sp³-hybridized carbons (Fsp3) is 0.545. The van der Waals surface area contributed by atoms with Crippen LogP contribution in [-0.4, -0.2) is 71.7 Å². The van der Waals surface area contributed by atoms with E-state index < -0.39 is 60.3 Å². The molecule has 2 aliphatic rings. The van der Waals surface area contributed by atoms with Crippen molar-refractivity contribution in [3.05, 3.63) is 35.5 Å². The number of aliphatic hydroxyl groups excluding tert-OH is 1. The molecule has 0 aromatic rings. The van der Waals surface area contributed by atoms with E-state index in [2.05, 4.69) is 6.58 Å². The van der Waals surface area contributed by atoms with Crippen molar-refractivity contribution < 1.29 is 48.3 Å². The molecule has 0 aromatic carbocycles. The Hall–Kier alpha value is -2.98. The van der Waals surface area contributed by atoms with E-state index in [0.717, 1.165) is 26.5 Å². The maximum atomic E-state index is 12.7. The van der Waals surface area contributed by atoms with Crippen LogP contribution >= 0.6 is 0 Å². The van der Waals surface area contributed by atoms with Crippen LogP contribution in [-0.2, 0) is 38.1 Å². The molecule has 0 aromatic heterocycles. The highest BCUT2D eigenvalue weighted by molar-refractivity contribution is 5.93. The van der Waals surface area contributed by atoms with Crippen LogP contribution in [0.25, 0.3) is 0 Å². The first-order valence-electron chi connectivity index (χ1n) is 10.00. The number of carbonyl (C=O) groups is 4. The first kappa shape index (κ1) is 25.3. The molecule has 0 saturated carbocycles. The lowest BCUT2D eigenvalue weighted by atomic mass is 9.83. The Kier molecular flexibility index (Phi) is 7.97. The normalized spacial score (nSPS) is 30.9. The van der Waals surface area contributed by atoms with Crippen LogP contribution in [0.2, 0.25) is 0 Å². The lowest BCUT2D eigenvalue weighted by molar-refractivity contribution is -0.186. The summed E-state index contributed by atoms with van der Waals surface area (Å²) in [6.45, 7) is 6.71. The van der Waals surface area contributed by atoms with Crippen LogP contribution in [0.5, 0.6) is 0 Å². The van der Waals surface area contributed by atoms with Gasteiger partial charge < -0.3 is 29.2 Å². The minimum absolute atomic E-state index is 0.0672. The summed E-state index contributed by atoms with van der Waals surface area (Å²) in [6.07, 6.45) is 0.110. The van der Waals surface area contributed by atoms with E-state index in [1.165, 1.54) is 6.08 Å². The van der Waals surface area contributed by atoms with Crippen molar-refractivity contribution in [3.63, 3.8) is 0 Å².